The minimum absolute atomic E-state index is 0.286. The molecule has 14 heavy (non-hydrogen) atoms. The van der Waals surface area contributed by atoms with Gasteiger partial charge >= 0.3 is 0 Å². The standard InChI is InChI=1S/C11H15N3/c1-7-3-10-11(13)9(4-12)6-14(10)5-8(7)2/h10H,3,5-6,13H2,1-2H3/t10-/m0/s1. The molecule has 0 aromatic carbocycles. The van der Waals surface area contributed by atoms with Crippen LogP contribution in [0.25, 0.3) is 0 Å². The second kappa shape index (κ2) is 3.14. The third-order valence-corrected chi connectivity index (χ3v) is 3.31. The molecule has 2 N–H and O–H groups in total. The second-order valence-electron chi connectivity index (χ2n) is 4.23. The van der Waals surface area contributed by atoms with Gasteiger partial charge in [-0.25, -0.2) is 0 Å². The monoisotopic (exact) mass is 189 g/mol. The van der Waals surface area contributed by atoms with Crippen molar-refractivity contribution in [2.75, 3.05) is 13.1 Å². The first-order valence-corrected chi connectivity index (χ1v) is 4.91. The zero-order valence-electron chi connectivity index (χ0n) is 8.67. The van der Waals surface area contributed by atoms with Crippen LogP contribution < -0.4 is 5.73 Å². The summed E-state index contributed by atoms with van der Waals surface area (Å²) in [6.45, 7) is 6.01. The van der Waals surface area contributed by atoms with Crippen LogP contribution in [0.3, 0.4) is 0 Å². The van der Waals surface area contributed by atoms with Crippen LogP contribution in [0.15, 0.2) is 22.4 Å². The molecule has 2 aliphatic heterocycles. The summed E-state index contributed by atoms with van der Waals surface area (Å²) in [5.74, 6) is 0. The topological polar surface area (TPSA) is 53.0 Å². The number of hydrogen-bond donors (Lipinski definition) is 1. The molecule has 0 saturated heterocycles. The van der Waals surface area contributed by atoms with Crippen LogP contribution in [0.4, 0.5) is 0 Å². The Morgan fingerprint density at radius 3 is 2.71 bits per heavy atom. The average molecular weight is 189 g/mol. The van der Waals surface area contributed by atoms with Gasteiger partial charge in [-0.1, -0.05) is 11.1 Å². The first kappa shape index (κ1) is 9.29. The summed E-state index contributed by atoms with van der Waals surface area (Å²) >= 11 is 0. The summed E-state index contributed by atoms with van der Waals surface area (Å²) < 4.78 is 0. The fraction of sp³-hybridized carbons (Fsp3) is 0.545. The Morgan fingerprint density at radius 1 is 1.36 bits per heavy atom. The lowest BCUT2D eigenvalue weighted by Gasteiger charge is -2.31. The molecular formula is C11H15N3. The predicted octanol–water partition coefficient (Wildman–Crippen LogP) is 1.15. The zero-order valence-corrected chi connectivity index (χ0v) is 8.67. The minimum atomic E-state index is 0.286. The smallest absolute Gasteiger partial charge is 0.0979 e. The fourth-order valence-electron chi connectivity index (χ4n) is 2.21. The number of nitriles is 1. The molecule has 0 radical (unpaired) electrons. The summed E-state index contributed by atoms with van der Waals surface area (Å²) in [6, 6.07) is 2.48. The Bertz CT molecular complexity index is 370. The van der Waals surface area contributed by atoms with Gasteiger partial charge in [-0.15, -0.1) is 0 Å². The largest absolute Gasteiger partial charge is 0.400 e. The van der Waals surface area contributed by atoms with E-state index in [0.29, 0.717) is 0 Å². The van der Waals surface area contributed by atoms with E-state index < -0.39 is 0 Å². The highest BCUT2D eigenvalue weighted by atomic mass is 15.2. The maximum atomic E-state index is 8.89. The molecule has 0 unspecified atom stereocenters. The van der Waals surface area contributed by atoms with Gasteiger partial charge in [0.15, 0.2) is 0 Å². The molecule has 2 aliphatic rings. The Kier molecular flexibility index (Phi) is 2.09. The van der Waals surface area contributed by atoms with E-state index in [1.54, 1.807) is 0 Å². The zero-order chi connectivity index (χ0) is 10.3. The molecule has 0 aromatic heterocycles. The molecule has 0 aliphatic carbocycles. The lowest BCUT2D eigenvalue weighted by Crippen LogP contribution is -2.38. The predicted molar refractivity (Wildman–Crippen MR) is 55.2 cm³/mol. The quantitative estimate of drug-likeness (QED) is 0.581. The fourth-order valence-corrected chi connectivity index (χ4v) is 2.21. The van der Waals surface area contributed by atoms with Gasteiger partial charge in [0.1, 0.15) is 0 Å². The van der Waals surface area contributed by atoms with E-state index in [2.05, 4.69) is 24.8 Å². The summed E-state index contributed by atoms with van der Waals surface area (Å²) in [5.41, 5.74) is 10.3. The van der Waals surface area contributed by atoms with Crippen LogP contribution in [-0.4, -0.2) is 24.0 Å². The molecule has 0 bridgehead atoms. The maximum Gasteiger partial charge on any atom is 0.0979 e. The summed E-state index contributed by atoms with van der Waals surface area (Å²) in [7, 11) is 0. The van der Waals surface area contributed by atoms with Gasteiger partial charge < -0.3 is 5.73 Å². The van der Waals surface area contributed by atoms with E-state index in [1.165, 1.54) is 11.1 Å². The van der Waals surface area contributed by atoms with Gasteiger partial charge in [-0.05, 0) is 20.3 Å². The maximum absolute atomic E-state index is 8.89. The SMILES string of the molecule is CC1=C(C)CN2CC(C#N)=C(N)[C@@H]2C1. The summed E-state index contributed by atoms with van der Waals surface area (Å²) in [4.78, 5) is 2.29. The van der Waals surface area contributed by atoms with Crippen LogP contribution >= 0.6 is 0 Å². The van der Waals surface area contributed by atoms with Crippen LogP contribution in [0.2, 0.25) is 0 Å². The van der Waals surface area contributed by atoms with Crippen molar-refractivity contribution in [3.8, 4) is 6.07 Å². The van der Waals surface area contributed by atoms with E-state index in [-0.39, 0.29) is 6.04 Å². The molecule has 3 heteroatoms. The Balaban J connectivity index is 2.28. The van der Waals surface area contributed by atoms with Crippen LogP contribution in [0.1, 0.15) is 20.3 Å². The third kappa shape index (κ3) is 1.23. The Labute approximate surface area is 84.5 Å². The van der Waals surface area contributed by atoms with E-state index in [9.17, 15) is 0 Å². The van der Waals surface area contributed by atoms with Gasteiger partial charge in [0, 0.05) is 18.8 Å². The van der Waals surface area contributed by atoms with Crippen LogP contribution in [-0.2, 0) is 0 Å². The molecule has 1 atom stereocenters. The minimum Gasteiger partial charge on any atom is -0.400 e. The van der Waals surface area contributed by atoms with Crippen molar-refractivity contribution in [1.29, 1.82) is 5.26 Å². The normalized spacial score (nSPS) is 27.9. The molecule has 0 spiro atoms. The van der Waals surface area contributed by atoms with Crippen molar-refractivity contribution >= 4 is 0 Å². The van der Waals surface area contributed by atoms with E-state index in [4.69, 9.17) is 11.0 Å². The molecule has 74 valence electrons. The second-order valence-corrected chi connectivity index (χ2v) is 4.23. The van der Waals surface area contributed by atoms with Crippen molar-refractivity contribution in [1.82, 2.24) is 4.90 Å². The lowest BCUT2D eigenvalue weighted by molar-refractivity contribution is 0.266. The molecular weight excluding hydrogens is 174 g/mol. The Hall–Kier alpha value is -1.27. The number of nitrogens with two attached hydrogens (primary N) is 1. The van der Waals surface area contributed by atoms with Crippen molar-refractivity contribution in [3.05, 3.63) is 22.4 Å². The van der Waals surface area contributed by atoms with Gasteiger partial charge in [-0.3, -0.25) is 4.90 Å². The molecule has 2 rings (SSSR count). The molecule has 0 saturated carbocycles. The van der Waals surface area contributed by atoms with Gasteiger partial charge in [0.05, 0.1) is 17.7 Å². The lowest BCUT2D eigenvalue weighted by atomic mass is 9.96. The number of nitrogens with zero attached hydrogens (tertiary/aromatic N) is 2. The third-order valence-electron chi connectivity index (χ3n) is 3.31. The highest BCUT2D eigenvalue weighted by Crippen LogP contribution is 2.31. The van der Waals surface area contributed by atoms with Crippen LogP contribution in [0.5, 0.6) is 0 Å². The van der Waals surface area contributed by atoms with Crippen LogP contribution in [0, 0.1) is 11.3 Å². The molecule has 3 nitrogen and oxygen atoms in total. The molecule has 0 amide bonds. The molecule has 0 aromatic rings. The van der Waals surface area contributed by atoms with Crippen molar-refractivity contribution in [2.45, 2.75) is 26.3 Å². The van der Waals surface area contributed by atoms with Gasteiger partial charge in [0.2, 0.25) is 0 Å². The number of fused-ring (bicyclic) bond motifs is 1. The highest BCUT2D eigenvalue weighted by Gasteiger charge is 2.33. The Morgan fingerprint density at radius 2 is 2.07 bits per heavy atom. The summed E-state index contributed by atoms with van der Waals surface area (Å²) in [5, 5.41) is 8.89. The first-order valence-electron chi connectivity index (χ1n) is 4.91. The van der Waals surface area contributed by atoms with Crippen molar-refractivity contribution in [2.24, 2.45) is 5.73 Å². The van der Waals surface area contributed by atoms with Gasteiger partial charge in [0.25, 0.3) is 0 Å². The molecule has 0 fully saturated rings. The average Bonchev–Trinajstić information content (AvgIpc) is 2.45. The first-order chi connectivity index (χ1) is 6.63. The van der Waals surface area contributed by atoms with E-state index >= 15 is 0 Å². The van der Waals surface area contributed by atoms with E-state index in [1.807, 2.05) is 0 Å². The number of rotatable bonds is 0. The van der Waals surface area contributed by atoms with Gasteiger partial charge in [-0.2, -0.15) is 5.26 Å². The highest BCUT2D eigenvalue weighted by molar-refractivity contribution is 5.38. The summed E-state index contributed by atoms with van der Waals surface area (Å²) in [6.07, 6.45) is 0.989. The van der Waals surface area contributed by atoms with E-state index in [0.717, 1.165) is 30.8 Å². The van der Waals surface area contributed by atoms with Crippen molar-refractivity contribution < 1.29 is 0 Å². The van der Waals surface area contributed by atoms with Crippen molar-refractivity contribution in [3.63, 3.8) is 0 Å². The number of hydrogen-bond acceptors (Lipinski definition) is 3. The molecule has 2 heterocycles.